The Hall–Kier alpha value is -1.12. The average Bonchev–Trinajstić information content (AvgIpc) is 2.70. The summed E-state index contributed by atoms with van der Waals surface area (Å²) < 4.78 is 0. The molecule has 1 aromatic carbocycles. The number of hydrogen-bond acceptors (Lipinski definition) is 2. The van der Waals surface area contributed by atoms with Gasteiger partial charge >= 0.3 is 0 Å². The molecule has 84 valence electrons. The van der Waals surface area contributed by atoms with Crippen molar-refractivity contribution in [2.75, 3.05) is 0 Å². The maximum absolute atomic E-state index is 9.30. The van der Waals surface area contributed by atoms with Crippen molar-refractivity contribution in [3.05, 3.63) is 45.6 Å². The van der Waals surface area contributed by atoms with Gasteiger partial charge < -0.3 is 5.11 Å². The van der Waals surface area contributed by atoms with Crippen molar-refractivity contribution in [2.45, 2.75) is 26.9 Å². The third-order valence-corrected chi connectivity index (χ3v) is 3.78. The van der Waals surface area contributed by atoms with Crippen molar-refractivity contribution >= 4 is 11.3 Å². The molecule has 1 N–H and O–H groups in total. The Labute approximate surface area is 100 Å². The third-order valence-electron chi connectivity index (χ3n) is 2.75. The highest BCUT2D eigenvalue weighted by molar-refractivity contribution is 7.12. The molecule has 1 nitrogen and oxygen atoms in total. The molecule has 0 unspecified atom stereocenters. The highest BCUT2D eigenvalue weighted by Crippen LogP contribution is 2.31. The molecule has 0 aliphatic rings. The van der Waals surface area contributed by atoms with E-state index in [1.807, 2.05) is 0 Å². The molecule has 2 rings (SSSR count). The van der Waals surface area contributed by atoms with Crippen molar-refractivity contribution in [1.82, 2.24) is 0 Å². The van der Waals surface area contributed by atoms with E-state index in [0.29, 0.717) is 0 Å². The second-order valence-corrected chi connectivity index (χ2v) is 5.24. The maximum Gasteiger partial charge on any atom is 0.0780 e. The molecule has 0 radical (unpaired) electrons. The number of hydrogen-bond donors (Lipinski definition) is 1. The van der Waals surface area contributed by atoms with Gasteiger partial charge in [0.25, 0.3) is 0 Å². The highest BCUT2D eigenvalue weighted by atomic mass is 32.1. The van der Waals surface area contributed by atoms with E-state index < -0.39 is 0 Å². The summed E-state index contributed by atoms with van der Waals surface area (Å²) in [6.07, 6.45) is 1.07. The highest BCUT2D eigenvalue weighted by Gasteiger charge is 2.07. The van der Waals surface area contributed by atoms with E-state index in [2.05, 4.69) is 44.2 Å². The molecule has 0 aliphatic carbocycles. The lowest BCUT2D eigenvalue weighted by Crippen LogP contribution is -1.84. The SMILES string of the molecule is CCc1ccc(-c2cc(C)sc2CO)cc1. The van der Waals surface area contributed by atoms with Crippen LogP contribution in [0.4, 0.5) is 0 Å². The zero-order valence-corrected chi connectivity index (χ0v) is 10.5. The smallest absolute Gasteiger partial charge is 0.0780 e. The first-order chi connectivity index (χ1) is 7.74. The Morgan fingerprint density at radius 2 is 1.88 bits per heavy atom. The van der Waals surface area contributed by atoms with E-state index in [1.165, 1.54) is 21.6 Å². The number of benzene rings is 1. The maximum atomic E-state index is 9.30. The Morgan fingerprint density at radius 3 is 2.44 bits per heavy atom. The molecule has 0 amide bonds. The van der Waals surface area contributed by atoms with Gasteiger partial charge in [0.1, 0.15) is 0 Å². The topological polar surface area (TPSA) is 20.2 Å². The van der Waals surface area contributed by atoms with Crippen LogP contribution in [0.5, 0.6) is 0 Å². The minimum absolute atomic E-state index is 0.128. The Bertz CT molecular complexity index is 468. The summed E-state index contributed by atoms with van der Waals surface area (Å²) in [5, 5.41) is 9.30. The molecule has 2 heteroatoms. The van der Waals surface area contributed by atoms with Crippen LogP contribution in [0.25, 0.3) is 11.1 Å². The monoisotopic (exact) mass is 232 g/mol. The van der Waals surface area contributed by atoms with E-state index in [4.69, 9.17) is 0 Å². The molecular weight excluding hydrogens is 216 g/mol. The summed E-state index contributed by atoms with van der Waals surface area (Å²) in [6.45, 7) is 4.36. The first-order valence-electron chi connectivity index (χ1n) is 5.54. The van der Waals surface area contributed by atoms with Crippen molar-refractivity contribution in [2.24, 2.45) is 0 Å². The number of thiophene rings is 1. The summed E-state index contributed by atoms with van der Waals surface area (Å²) in [6, 6.07) is 10.7. The van der Waals surface area contributed by atoms with Crippen LogP contribution >= 0.6 is 11.3 Å². The van der Waals surface area contributed by atoms with Gasteiger partial charge in [-0.2, -0.15) is 0 Å². The zero-order valence-electron chi connectivity index (χ0n) is 9.66. The van der Waals surface area contributed by atoms with Gasteiger partial charge in [0, 0.05) is 9.75 Å². The number of aliphatic hydroxyl groups excluding tert-OH is 1. The van der Waals surface area contributed by atoms with Crippen LogP contribution in [0.3, 0.4) is 0 Å². The summed E-state index contributed by atoms with van der Waals surface area (Å²) in [5.41, 5.74) is 3.72. The van der Waals surface area contributed by atoms with Gasteiger partial charge in [0.15, 0.2) is 0 Å². The van der Waals surface area contributed by atoms with Gasteiger partial charge in [0.05, 0.1) is 6.61 Å². The lowest BCUT2D eigenvalue weighted by atomic mass is 10.0. The van der Waals surface area contributed by atoms with Gasteiger partial charge in [-0.25, -0.2) is 0 Å². The molecule has 0 aliphatic heterocycles. The Morgan fingerprint density at radius 1 is 1.19 bits per heavy atom. The fraction of sp³-hybridized carbons (Fsp3) is 0.286. The minimum atomic E-state index is 0.128. The van der Waals surface area contributed by atoms with Gasteiger partial charge in [-0.15, -0.1) is 11.3 Å². The molecule has 0 atom stereocenters. The fourth-order valence-corrected chi connectivity index (χ4v) is 2.76. The van der Waals surface area contributed by atoms with Crippen LogP contribution in [-0.2, 0) is 13.0 Å². The second kappa shape index (κ2) is 4.81. The summed E-state index contributed by atoms with van der Waals surface area (Å²) >= 11 is 1.67. The summed E-state index contributed by atoms with van der Waals surface area (Å²) in [7, 11) is 0. The van der Waals surface area contributed by atoms with Crippen LogP contribution in [-0.4, -0.2) is 5.11 Å². The van der Waals surface area contributed by atoms with Crippen molar-refractivity contribution < 1.29 is 5.11 Å². The molecule has 0 bridgehead atoms. The number of aryl methyl sites for hydroxylation is 2. The van der Waals surface area contributed by atoms with Gasteiger partial charge in [-0.05, 0) is 36.1 Å². The van der Waals surface area contributed by atoms with Crippen LogP contribution in [0.2, 0.25) is 0 Å². The fourth-order valence-electron chi connectivity index (χ4n) is 1.84. The van der Waals surface area contributed by atoms with Crippen molar-refractivity contribution in [3.8, 4) is 11.1 Å². The molecule has 1 aromatic heterocycles. The van der Waals surface area contributed by atoms with E-state index >= 15 is 0 Å². The molecule has 0 saturated carbocycles. The average molecular weight is 232 g/mol. The van der Waals surface area contributed by atoms with Gasteiger partial charge in [-0.1, -0.05) is 31.2 Å². The number of rotatable bonds is 3. The largest absolute Gasteiger partial charge is 0.391 e. The Kier molecular flexibility index (Phi) is 3.42. The van der Waals surface area contributed by atoms with E-state index in [9.17, 15) is 5.11 Å². The molecule has 16 heavy (non-hydrogen) atoms. The first-order valence-corrected chi connectivity index (χ1v) is 6.35. The van der Waals surface area contributed by atoms with E-state index in [0.717, 1.165) is 11.3 Å². The van der Waals surface area contributed by atoms with Crippen LogP contribution in [0.15, 0.2) is 30.3 Å². The minimum Gasteiger partial charge on any atom is -0.391 e. The summed E-state index contributed by atoms with van der Waals surface area (Å²) in [5.74, 6) is 0. The third kappa shape index (κ3) is 2.18. The summed E-state index contributed by atoms with van der Waals surface area (Å²) in [4.78, 5) is 2.31. The quantitative estimate of drug-likeness (QED) is 0.854. The molecule has 0 fully saturated rings. The molecular formula is C14H16OS. The predicted molar refractivity (Wildman–Crippen MR) is 69.8 cm³/mol. The second-order valence-electron chi connectivity index (χ2n) is 3.90. The van der Waals surface area contributed by atoms with Crippen LogP contribution in [0.1, 0.15) is 22.2 Å². The zero-order chi connectivity index (χ0) is 11.5. The lowest BCUT2D eigenvalue weighted by Gasteiger charge is -2.03. The Balaban J connectivity index is 2.41. The van der Waals surface area contributed by atoms with E-state index in [-0.39, 0.29) is 6.61 Å². The predicted octanol–water partition coefficient (Wildman–Crippen LogP) is 3.78. The molecule has 2 aromatic rings. The van der Waals surface area contributed by atoms with E-state index in [1.54, 1.807) is 11.3 Å². The standard InChI is InChI=1S/C14H16OS/c1-3-11-4-6-12(7-5-11)13-8-10(2)16-14(13)9-15/h4-8,15H,3,9H2,1-2H3. The first kappa shape index (κ1) is 11.4. The normalized spacial score (nSPS) is 10.7. The lowest BCUT2D eigenvalue weighted by molar-refractivity contribution is 0.286. The molecule has 0 saturated heterocycles. The number of aliphatic hydroxyl groups is 1. The van der Waals surface area contributed by atoms with Gasteiger partial charge in [0.2, 0.25) is 0 Å². The van der Waals surface area contributed by atoms with Crippen molar-refractivity contribution in [3.63, 3.8) is 0 Å². The van der Waals surface area contributed by atoms with Crippen molar-refractivity contribution in [1.29, 1.82) is 0 Å². The van der Waals surface area contributed by atoms with Crippen LogP contribution < -0.4 is 0 Å². The molecule has 0 spiro atoms. The van der Waals surface area contributed by atoms with Crippen LogP contribution in [0, 0.1) is 6.92 Å². The van der Waals surface area contributed by atoms with Gasteiger partial charge in [-0.3, -0.25) is 0 Å². The molecule has 1 heterocycles.